The quantitative estimate of drug-likeness (QED) is 0.947. The van der Waals surface area contributed by atoms with Crippen LogP contribution in [0.4, 0.5) is 0 Å². The minimum Gasteiger partial charge on any atom is -0.337 e. The molecule has 110 valence electrons. The highest BCUT2D eigenvalue weighted by atomic mass is 32.1. The molecule has 3 rings (SSSR count). The molecule has 2 heterocycles. The molecule has 0 bridgehead atoms. The van der Waals surface area contributed by atoms with Crippen molar-refractivity contribution in [3.63, 3.8) is 0 Å². The second kappa shape index (κ2) is 6.00. The molecule has 1 aliphatic rings. The number of amides is 1. The van der Waals surface area contributed by atoms with E-state index in [-0.39, 0.29) is 5.91 Å². The summed E-state index contributed by atoms with van der Waals surface area (Å²) in [4.78, 5) is 15.5. The molecule has 2 N–H and O–H groups in total. The monoisotopic (exact) mass is 300 g/mol. The zero-order chi connectivity index (χ0) is 14.8. The molecule has 0 radical (unpaired) electrons. The van der Waals surface area contributed by atoms with E-state index in [1.807, 2.05) is 29.3 Å². The average Bonchev–Trinajstić information content (AvgIpc) is 3.13. The summed E-state index contributed by atoms with van der Waals surface area (Å²) in [6.45, 7) is 4.13. The number of hydrogen-bond donors (Lipinski definition) is 1. The lowest BCUT2D eigenvalue weighted by atomic mass is 9.89. The van der Waals surface area contributed by atoms with Gasteiger partial charge in [0.2, 0.25) is 0 Å². The summed E-state index contributed by atoms with van der Waals surface area (Å²) >= 11 is 1.53. The fourth-order valence-electron chi connectivity index (χ4n) is 3.09. The van der Waals surface area contributed by atoms with Gasteiger partial charge in [-0.25, -0.2) is 0 Å². The molecule has 21 heavy (non-hydrogen) atoms. The van der Waals surface area contributed by atoms with Gasteiger partial charge in [-0.15, -0.1) is 11.3 Å². The molecule has 4 heteroatoms. The van der Waals surface area contributed by atoms with Gasteiger partial charge in [-0.2, -0.15) is 0 Å². The van der Waals surface area contributed by atoms with Crippen molar-refractivity contribution in [2.24, 2.45) is 11.7 Å². The van der Waals surface area contributed by atoms with E-state index < -0.39 is 0 Å². The highest BCUT2D eigenvalue weighted by molar-refractivity contribution is 7.12. The molecule has 1 saturated heterocycles. The van der Waals surface area contributed by atoms with Gasteiger partial charge in [0, 0.05) is 19.0 Å². The SMILES string of the molecule is Cc1ccsc1C(=O)N1C[C@@H](CN)[C@H](c2ccccc2)C1. The van der Waals surface area contributed by atoms with E-state index in [4.69, 9.17) is 5.73 Å². The molecule has 0 saturated carbocycles. The van der Waals surface area contributed by atoms with Crippen LogP contribution in [0.25, 0.3) is 0 Å². The zero-order valence-electron chi connectivity index (χ0n) is 12.2. The van der Waals surface area contributed by atoms with Crippen LogP contribution < -0.4 is 5.73 Å². The summed E-state index contributed by atoms with van der Waals surface area (Å²) in [5.74, 6) is 0.844. The van der Waals surface area contributed by atoms with Gasteiger partial charge in [-0.1, -0.05) is 30.3 Å². The van der Waals surface area contributed by atoms with Crippen LogP contribution in [-0.4, -0.2) is 30.4 Å². The van der Waals surface area contributed by atoms with E-state index in [0.717, 1.165) is 23.5 Å². The van der Waals surface area contributed by atoms with E-state index in [1.165, 1.54) is 16.9 Å². The number of hydrogen-bond acceptors (Lipinski definition) is 3. The van der Waals surface area contributed by atoms with Crippen molar-refractivity contribution in [2.45, 2.75) is 12.8 Å². The van der Waals surface area contributed by atoms with Crippen LogP contribution in [0.5, 0.6) is 0 Å². The standard InChI is InChI=1S/C17H20N2OS/c1-12-7-8-21-16(12)17(20)19-10-14(9-18)15(11-19)13-5-3-2-4-6-13/h2-8,14-15H,9-11,18H2,1H3/t14-,15+/m1/s1. The molecule has 1 aromatic heterocycles. The fraction of sp³-hybridized carbons (Fsp3) is 0.353. The van der Waals surface area contributed by atoms with Crippen molar-refractivity contribution in [3.8, 4) is 0 Å². The minimum atomic E-state index is 0.152. The van der Waals surface area contributed by atoms with E-state index in [2.05, 4.69) is 24.3 Å². The Labute approximate surface area is 129 Å². The molecule has 0 unspecified atom stereocenters. The van der Waals surface area contributed by atoms with Gasteiger partial charge in [0.15, 0.2) is 0 Å². The first-order valence-corrected chi connectivity index (χ1v) is 8.17. The predicted octanol–water partition coefficient (Wildman–Crippen LogP) is 2.87. The Balaban J connectivity index is 1.81. The molecular weight excluding hydrogens is 280 g/mol. The van der Waals surface area contributed by atoms with Gasteiger partial charge in [-0.3, -0.25) is 4.79 Å². The average molecular weight is 300 g/mol. The first-order chi connectivity index (χ1) is 10.2. The Morgan fingerprint density at radius 3 is 2.67 bits per heavy atom. The van der Waals surface area contributed by atoms with E-state index >= 15 is 0 Å². The third-order valence-electron chi connectivity index (χ3n) is 4.32. The highest BCUT2D eigenvalue weighted by Gasteiger charge is 2.36. The van der Waals surface area contributed by atoms with E-state index in [0.29, 0.717) is 18.4 Å². The second-order valence-electron chi connectivity index (χ2n) is 5.66. The maximum atomic E-state index is 12.7. The predicted molar refractivity (Wildman–Crippen MR) is 86.7 cm³/mol. The maximum absolute atomic E-state index is 12.7. The number of thiophene rings is 1. The molecule has 3 nitrogen and oxygen atoms in total. The number of benzene rings is 1. The lowest BCUT2D eigenvalue weighted by Crippen LogP contribution is -2.29. The lowest BCUT2D eigenvalue weighted by Gasteiger charge is -2.16. The number of nitrogens with zero attached hydrogens (tertiary/aromatic N) is 1. The van der Waals surface area contributed by atoms with Crippen LogP contribution in [-0.2, 0) is 0 Å². The summed E-state index contributed by atoms with van der Waals surface area (Å²) in [5, 5.41) is 1.98. The molecule has 2 atom stereocenters. The Morgan fingerprint density at radius 1 is 1.29 bits per heavy atom. The first-order valence-electron chi connectivity index (χ1n) is 7.29. The highest BCUT2D eigenvalue weighted by Crippen LogP contribution is 2.33. The van der Waals surface area contributed by atoms with Crippen LogP contribution in [0.1, 0.15) is 26.7 Å². The smallest absolute Gasteiger partial charge is 0.264 e. The number of likely N-dealkylation sites (tertiary alicyclic amines) is 1. The number of nitrogens with two attached hydrogens (primary N) is 1. The third-order valence-corrected chi connectivity index (χ3v) is 5.32. The number of carbonyl (C=O) groups excluding carboxylic acids is 1. The van der Waals surface area contributed by atoms with Crippen LogP contribution in [0, 0.1) is 12.8 Å². The van der Waals surface area contributed by atoms with E-state index in [9.17, 15) is 4.79 Å². The van der Waals surface area contributed by atoms with Gasteiger partial charge in [-0.05, 0) is 42.0 Å². The molecule has 1 aliphatic heterocycles. The van der Waals surface area contributed by atoms with Crippen LogP contribution in [0.15, 0.2) is 41.8 Å². The van der Waals surface area contributed by atoms with Crippen LogP contribution in [0.3, 0.4) is 0 Å². The maximum Gasteiger partial charge on any atom is 0.264 e. The van der Waals surface area contributed by atoms with Crippen molar-refractivity contribution in [1.82, 2.24) is 4.90 Å². The molecule has 1 amide bonds. The molecule has 2 aromatic rings. The number of rotatable bonds is 3. The Kier molecular flexibility index (Phi) is 4.08. The lowest BCUT2D eigenvalue weighted by molar-refractivity contribution is 0.0790. The summed E-state index contributed by atoms with van der Waals surface area (Å²) in [6, 6.07) is 12.4. The van der Waals surface area contributed by atoms with Gasteiger partial charge in [0.05, 0.1) is 4.88 Å². The Morgan fingerprint density at radius 2 is 2.05 bits per heavy atom. The van der Waals surface area contributed by atoms with Crippen molar-refractivity contribution in [3.05, 3.63) is 57.8 Å². The van der Waals surface area contributed by atoms with Gasteiger partial charge in [0.1, 0.15) is 0 Å². The van der Waals surface area contributed by atoms with E-state index in [1.54, 1.807) is 0 Å². The Hall–Kier alpha value is -1.65. The van der Waals surface area contributed by atoms with Gasteiger partial charge in [0.25, 0.3) is 5.91 Å². The molecule has 1 aromatic carbocycles. The minimum absolute atomic E-state index is 0.152. The fourth-order valence-corrected chi connectivity index (χ4v) is 3.98. The van der Waals surface area contributed by atoms with Crippen molar-refractivity contribution in [2.75, 3.05) is 19.6 Å². The van der Waals surface area contributed by atoms with Gasteiger partial charge < -0.3 is 10.6 Å². The van der Waals surface area contributed by atoms with Crippen LogP contribution >= 0.6 is 11.3 Å². The topological polar surface area (TPSA) is 46.3 Å². The Bertz CT molecular complexity index is 623. The van der Waals surface area contributed by atoms with Gasteiger partial charge >= 0.3 is 0 Å². The largest absolute Gasteiger partial charge is 0.337 e. The van der Waals surface area contributed by atoms with Crippen molar-refractivity contribution in [1.29, 1.82) is 0 Å². The summed E-state index contributed by atoms with van der Waals surface area (Å²) in [6.07, 6.45) is 0. The van der Waals surface area contributed by atoms with Crippen molar-refractivity contribution >= 4 is 17.2 Å². The molecule has 0 aliphatic carbocycles. The summed E-state index contributed by atoms with van der Waals surface area (Å²) in [5.41, 5.74) is 8.29. The first kappa shape index (κ1) is 14.3. The van der Waals surface area contributed by atoms with Crippen molar-refractivity contribution < 1.29 is 4.79 Å². The number of aryl methyl sites for hydroxylation is 1. The zero-order valence-corrected chi connectivity index (χ0v) is 13.0. The number of carbonyl (C=O) groups is 1. The summed E-state index contributed by atoms with van der Waals surface area (Å²) in [7, 11) is 0. The molecule has 1 fully saturated rings. The normalized spacial score (nSPS) is 21.7. The molecule has 0 spiro atoms. The second-order valence-corrected chi connectivity index (χ2v) is 6.57. The molecular formula is C17H20N2OS. The third kappa shape index (κ3) is 2.74. The van der Waals surface area contributed by atoms with Crippen LogP contribution in [0.2, 0.25) is 0 Å². The summed E-state index contributed by atoms with van der Waals surface area (Å²) < 4.78 is 0.